The lowest BCUT2D eigenvalue weighted by molar-refractivity contribution is -0.137. The minimum Gasteiger partial charge on any atom is -0.330 e. The predicted molar refractivity (Wildman–Crippen MR) is 73.3 cm³/mol. The van der Waals surface area contributed by atoms with E-state index in [1.807, 2.05) is 0 Å². The summed E-state index contributed by atoms with van der Waals surface area (Å²) in [4.78, 5) is 0. The first-order valence-corrected chi connectivity index (χ1v) is 6.62. The van der Waals surface area contributed by atoms with E-state index in [9.17, 15) is 22.0 Å². The van der Waals surface area contributed by atoms with E-state index in [-0.39, 0.29) is 18.5 Å². The molecule has 0 aliphatic carbocycles. The van der Waals surface area contributed by atoms with Gasteiger partial charge in [0.15, 0.2) is 0 Å². The maximum Gasteiger partial charge on any atom is 0.416 e. The second kappa shape index (κ2) is 6.44. The van der Waals surface area contributed by atoms with Gasteiger partial charge in [0.05, 0.1) is 5.56 Å². The van der Waals surface area contributed by atoms with Crippen molar-refractivity contribution in [3.05, 3.63) is 70.8 Å². The Morgan fingerprint density at radius 2 is 1.59 bits per heavy atom. The first-order valence-electron chi connectivity index (χ1n) is 6.62. The Kier molecular flexibility index (Phi) is 4.81. The Morgan fingerprint density at radius 3 is 2.09 bits per heavy atom. The normalized spacial score (nSPS) is 13.2. The maximum absolute atomic E-state index is 13.8. The highest BCUT2D eigenvalue weighted by atomic mass is 19.4. The second-order valence-electron chi connectivity index (χ2n) is 5.00. The van der Waals surface area contributed by atoms with Gasteiger partial charge < -0.3 is 5.73 Å². The highest BCUT2D eigenvalue weighted by Gasteiger charge is 2.30. The standard InChI is InChI=1S/C16H14F5N/c17-13-5-6-14(15(18)8-13)11(9-22)7-10-1-3-12(4-2-10)16(19,20)21/h1-6,8,11H,7,9,22H2. The molecule has 1 nitrogen and oxygen atoms in total. The average Bonchev–Trinajstić information content (AvgIpc) is 2.45. The minimum absolute atomic E-state index is 0.101. The summed E-state index contributed by atoms with van der Waals surface area (Å²) in [5.41, 5.74) is 5.73. The molecule has 0 aromatic heterocycles. The fourth-order valence-corrected chi connectivity index (χ4v) is 2.27. The third kappa shape index (κ3) is 3.82. The maximum atomic E-state index is 13.8. The van der Waals surface area contributed by atoms with E-state index in [0.717, 1.165) is 24.3 Å². The first-order chi connectivity index (χ1) is 10.3. The van der Waals surface area contributed by atoms with Crippen molar-refractivity contribution < 1.29 is 22.0 Å². The topological polar surface area (TPSA) is 26.0 Å². The SMILES string of the molecule is NCC(Cc1ccc(C(F)(F)F)cc1)c1ccc(F)cc1F. The van der Waals surface area contributed by atoms with Crippen molar-refractivity contribution in [2.24, 2.45) is 5.73 Å². The fraction of sp³-hybridized carbons (Fsp3) is 0.250. The van der Waals surface area contributed by atoms with Gasteiger partial charge in [-0.1, -0.05) is 18.2 Å². The lowest BCUT2D eigenvalue weighted by atomic mass is 9.91. The van der Waals surface area contributed by atoms with Gasteiger partial charge in [-0.2, -0.15) is 13.2 Å². The lowest BCUT2D eigenvalue weighted by Gasteiger charge is -2.17. The van der Waals surface area contributed by atoms with Crippen LogP contribution in [0.2, 0.25) is 0 Å². The number of hydrogen-bond acceptors (Lipinski definition) is 1. The van der Waals surface area contributed by atoms with Gasteiger partial charge >= 0.3 is 6.18 Å². The zero-order chi connectivity index (χ0) is 16.3. The summed E-state index contributed by atoms with van der Waals surface area (Å²) in [6.07, 6.45) is -4.12. The number of alkyl halides is 3. The van der Waals surface area contributed by atoms with Crippen LogP contribution in [0.5, 0.6) is 0 Å². The predicted octanol–water partition coefficient (Wildman–Crippen LogP) is 4.27. The van der Waals surface area contributed by atoms with Crippen LogP contribution in [-0.4, -0.2) is 6.54 Å². The van der Waals surface area contributed by atoms with E-state index in [2.05, 4.69) is 0 Å². The number of hydrogen-bond donors (Lipinski definition) is 1. The summed E-state index contributed by atoms with van der Waals surface area (Å²) in [5.74, 6) is -1.83. The smallest absolute Gasteiger partial charge is 0.330 e. The van der Waals surface area contributed by atoms with Crippen molar-refractivity contribution in [2.45, 2.75) is 18.5 Å². The van der Waals surface area contributed by atoms with E-state index in [1.165, 1.54) is 18.2 Å². The molecule has 2 aromatic rings. The fourth-order valence-electron chi connectivity index (χ4n) is 2.27. The van der Waals surface area contributed by atoms with Crippen molar-refractivity contribution in [2.75, 3.05) is 6.54 Å². The molecule has 0 fully saturated rings. The van der Waals surface area contributed by atoms with Gasteiger partial charge in [0.2, 0.25) is 0 Å². The Bertz CT molecular complexity index is 634. The van der Waals surface area contributed by atoms with Crippen LogP contribution in [0.4, 0.5) is 22.0 Å². The van der Waals surface area contributed by atoms with Crippen molar-refractivity contribution >= 4 is 0 Å². The van der Waals surface area contributed by atoms with Crippen molar-refractivity contribution in [1.29, 1.82) is 0 Å². The summed E-state index contributed by atoms with van der Waals surface area (Å²) in [7, 11) is 0. The molecule has 0 radical (unpaired) electrons. The molecule has 0 amide bonds. The van der Waals surface area contributed by atoms with Gasteiger partial charge in [-0.15, -0.1) is 0 Å². The molecule has 6 heteroatoms. The summed E-state index contributed by atoms with van der Waals surface area (Å²) in [5, 5.41) is 0. The molecular weight excluding hydrogens is 301 g/mol. The molecule has 2 rings (SSSR count). The number of nitrogens with two attached hydrogens (primary N) is 1. The van der Waals surface area contributed by atoms with Crippen LogP contribution < -0.4 is 5.73 Å². The van der Waals surface area contributed by atoms with Gasteiger partial charge in [-0.3, -0.25) is 0 Å². The van der Waals surface area contributed by atoms with E-state index in [4.69, 9.17) is 5.73 Å². The van der Waals surface area contributed by atoms with E-state index >= 15 is 0 Å². The molecule has 2 aromatic carbocycles. The highest BCUT2D eigenvalue weighted by Crippen LogP contribution is 2.30. The highest BCUT2D eigenvalue weighted by molar-refractivity contribution is 5.29. The Morgan fingerprint density at radius 1 is 0.955 bits per heavy atom. The number of halogens is 5. The van der Waals surface area contributed by atoms with Gasteiger partial charge in [0.25, 0.3) is 0 Å². The average molecular weight is 315 g/mol. The molecule has 0 saturated carbocycles. The summed E-state index contributed by atoms with van der Waals surface area (Å²) < 4.78 is 64.2. The summed E-state index contributed by atoms with van der Waals surface area (Å²) >= 11 is 0. The zero-order valence-electron chi connectivity index (χ0n) is 11.5. The van der Waals surface area contributed by atoms with Crippen molar-refractivity contribution in [3.8, 4) is 0 Å². The number of benzene rings is 2. The molecule has 0 aliphatic heterocycles. The molecule has 0 heterocycles. The third-order valence-corrected chi connectivity index (χ3v) is 3.45. The zero-order valence-corrected chi connectivity index (χ0v) is 11.5. The van der Waals surface area contributed by atoms with E-state index in [0.29, 0.717) is 5.56 Å². The molecule has 22 heavy (non-hydrogen) atoms. The van der Waals surface area contributed by atoms with E-state index in [1.54, 1.807) is 0 Å². The summed E-state index contributed by atoms with van der Waals surface area (Å²) in [6, 6.07) is 7.85. The van der Waals surface area contributed by atoms with Crippen LogP contribution in [0, 0.1) is 11.6 Å². The van der Waals surface area contributed by atoms with Crippen LogP contribution in [0.1, 0.15) is 22.6 Å². The minimum atomic E-state index is -4.39. The molecular formula is C16H14F5N. The largest absolute Gasteiger partial charge is 0.416 e. The molecule has 0 aliphatic rings. The molecule has 1 unspecified atom stereocenters. The van der Waals surface area contributed by atoms with Gasteiger partial charge in [-0.05, 0) is 42.3 Å². The Hall–Kier alpha value is -1.95. The second-order valence-corrected chi connectivity index (χ2v) is 5.00. The Labute approximate surface area is 124 Å². The quantitative estimate of drug-likeness (QED) is 0.838. The van der Waals surface area contributed by atoms with Gasteiger partial charge in [0, 0.05) is 12.0 Å². The molecule has 2 N–H and O–H groups in total. The molecule has 118 valence electrons. The summed E-state index contributed by atoms with van der Waals surface area (Å²) in [6.45, 7) is 0.101. The molecule has 1 atom stereocenters. The lowest BCUT2D eigenvalue weighted by Crippen LogP contribution is -2.16. The van der Waals surface area contributed by atoms with Crippen molar-refractivity contribution in [1.82, 2.24) is 0 Å². The van der Waals surface area contributed by atoms with Crippen LogP contribution in [-0.2, 0) is 12.6 Å². The molecule has 0 spiro atoms. The molecule has 0 saturated heterocycles. The molecule has 0 bridgehead atoms. The van der Waals surface area contributed by atoms with Crippen LogP contribution in [0.25, 0.3) is 0 Å². The van der Waals surface area contributed by atoms with Crippen LogP contribution in [0.15, 0.2) is 42.5 Å². The van der Waals surface area contributed by atoms with Crippen molar-refractivity contribution in [3.63, 3.8) is 0 Å². The van der Waals surface area contributed by atoms with Crippen LogP contribution >= 0.6 is 0 Å². The van der Waals surface area contributed by atoms with Gasteiger partial charge in [-0.25, -0.2) is 8.78 Å². The number of rotatable bonds is 4. The monoisotopic (exact) mass is 315 g/mol. The third-order valence-electron chi connectivity index (χ3n) is 3.45. The van der Waals surface area contributed by atoms with Crippen LogP contribution in [0.3, 0.4) is 0 Å². The first kappa shape index (κ1) is 16.4. The Balaban J connectivity index is 2.20. The van der Waals surface area contributed by atoms with E-state index < -0.39 is 29.3 Å². The van der Waals surface area contributed by atoms with Gasteiger partial charge in [0.1, 0.15) is 11.6 Å².